The van der Waals surface area contributed by atoms with Crippen molar-refractivity contribution in [3.63, 3.8) is 0 Å². The second-order valence-corrected chi connectivity index (χ2v) is 4.06. The van der Waals surface area contributed by atoms with Gasteiger partial charge in [0.25, 0.3) is 0 Å². The number of aromatic nitrogens is 1. The molecule has 1 heterocycles. The van der Waals surface area contributed by atoms with Gasteiger partial charge in [-0.3, -0.25) is 0 Å². The lowest BCUT2D eigenvalue weighted by Gasteiger charge is -2.07. The minimum absolute atomic E-state index is 0.125. The second-order valence-electron chi connectivity index (χ2n) is 4.06. The summed E-state index contributed by atoms with van der Waals surface area (Å²) in [5, 5.41) is 0. The monoisotopic (exact) mass is 309 g/mol. The first-order valence-electron chi connectivity index (χ1n) is 6.44. The smallest absolute Gasteiger partial charge is 0.388 e. The molecule has 0 aliphatic rings. The predicted molar refractivity (Wildman–Crippen MR) is 73.4 cm³/mol. The maximum Gasteiger partial charge on any atom is 0.388 e. The molecule has 7 heteroatoms. The molecule has 0 amide bonds. The number of pyridine rings is 1. The Morgan fingerprint density at radius 1 is 1.14 bits per heavy atom. The van der Waals surface area contributed by atoms with Gasteiger partial charge in [-0.15, -0.1) is 0 Å². The van der Waals surface area contributed by atoms with E-state index in [1.807, 2.05) is 6.92 Å². The van der Waals surface area contributed by atoms with Crippen LogP contribution < -0.4 is 14.2 Å². The minimum atomic E-state index is -2.95. The number of rotatable bonds is 6. The van der Waals surface area contributed by atoms with Gasteiger partial charge >= 0.3 is 12.6 Å². The van der Waals surface area contributed by atoms with Gasteiger partial charge in [0.15, 0.2) is 0 Å². The van der Waals surface area contributed by atoms with Crippen LogP contribution in [0.5, 0.6) is 17.4 Å². The zero-order valence-corrected chi connectivity index (χ0v) is 11.7. The van der Waals surface area contributed by atoms with Crippen molar-refractivity contribution in [2.45, 2.75) is 13.5 Å². The van der Waals surface area contributed by atoms with Crippen LogP contribution in [0.25, 0.3) is 0 Å². The fraction of sp³-hybridized carbons (Fsp3) is 0.200. The lowest BCUT2D eigenvalue weighted by atomic mass is 10.2. The van der Waals surface area contributed by atoms with Crippen molar-refractivity contribution in [1.82, 2.24) is 4.98 Å². The lowest BCUT2D eigenvalue weighted by Crippen LogP contribution is -2.09. The number of alkyl halides is 2. The highest BCUT2D eigenvalue weighted by molar-refractivity contribution is 5.91. The third-order valence-electron chi connectivity index (χ3n) is 2.53. The van der Waals surface area contributed by atoms with E-state index < -0.39 is 12.6 Å². The summed E-state index contributed by atoms with van der Waals surface area (Å²) in [6.45, 7) is -0.566. The summed E-state index contributed by atoms with van der Waals surface area (Å²) in [6.07, 6.45) is 1.13. The van der Waals surface area contributed by atoms with E-state index in [1.54, 1.807) is 24.3 Å². The van der Waals surface area contributed by atoms with Crippen molar-refractivity contribution >= 4 is 5.97 Å². The minimum Gasteiger partial charge on any atom is -0.494 e. The van der Waals surface area contributed by atoms with Gasteiger partial charge in [-0.25, -0.2) is 9.78 Å². The van der Waals surface area contributed by atoms with E-state index in [2.05, 4.69) is 9.72 Å². The van der Waals surface area contributed by atoms with Gasteiger partial charge in [-0.05, 0) is 37.3 Å². The number of nitrogens with zero attached hydrogens (tertiary/aromatic N) is 1. The van der Waals surface area contributed by atoms with Crippen LogP contribution in [0, 0.1) is 0 Å². The van der Waals surface area contributed by atoms with Gasteiger partial charge in [0, 0.05) is 6.07 Å². The standard InChI is InChI=1S/C15H13F2NO4/c1-2-20-11-5-3-10(4-6-11)14(19)21-12-7-8-13(18-9-12)22-15(16)17/h3-9,15H,2H2,1H3. The van der Waals surface area contributed by atoms with E-state index in [4.69, 9.17) is 9.47 Å². The van der Waals surface area contributed by atoms with Crippen LogP contribution in [0.2, 0.25) is 0 Å². The number of esters is 1. The quantitative estimate of drug-likeness (QED) is 0.766. The zero-order valence-electron chi connectivity index (χ0n) is 11.7. The molecule has 2 aromatic rings. The highest BCUT2D eigenvalue weighted by Crippen LogP contribution is 2.18. The first-order chi connectivity index (χ1) is 10.6. The van der Waals surface area contributed by atoms with Crippen LogP contribution in [-0.4, -0.2) is 24.2 Å². The molecule has 116 valence electrons. The average Bonchev–Trinajstić information content (AvgIpc) is 2.50. The van der Waals surface area contributed by atoms with Gasteiger partial charge in [0.1, 0.15) is 11.5 Å². The molecule has 0 unspecified atom stereocenters. The topological polar surface area (TPSA) is 57.7 Å². The molecule has 0 fully saturated rings. The van der Waals surface area contributed by atoms with Gasteiger partial charge in [0.05, 0.1) is 18.4 Å². The molecule has 0 saturated heterocycles. The van der Waals surface area contributed by atoms with Crippen LogP contribution in [0.4, 0.5) is 8.78 Å². The largest absolute Gasteiger partial charge is 0.494 e. The molecule has 0 bridgehead atoms. The van der Waals surface area contributed by atoms with Gasteiger partial charge < -0.3 is 14.2 Å². The van der Waals surface area contributed by atoms with E-state index in [0.29, 0.717) is 17.9 Å². The van der Waals surface area contributed by atoms with Crippen molar-refractivity contribution in [2.75, 3.05) is 6.61 Å². The Kier molecular flexibility index (Phi) is 5.24. The molecule has 0 spiro atoms. The van der Waals surface area contributed by atoms with E-state index in [0.717, 1.165) is 6.20 Å². The number of hydrogen-bond donors (Lipinski definition) is 0. The molecule has 0 N–H and O–H groups in total. The van der Waals surface area contributed by atoms with E-state index in [9.17, 15) is 13.6 Å². The number of benzene rings is 1. The van der Waals surface area contributed by atoms with Crippen molar-refractivity contribution in [3.05, 3.63) is 48.2 Å². The number of halogens is 2. The molecule has 0 saturated carbocycles. The van der Waals surface area contributed by atoms with Crippen molar-refractivity contribution in [2.24, 2.45) is 0 Å². The van der Waals surface area contributed by atoms with Crippen LogP contribution in [-0.2, 0) is 0 Å². The molecule has 1 aromatic heterocycles. The third kappa shape index (κ3) is 4.41. The summed E-state index contributed by atoms with van der Waals surface area (Å²) in [5.41, 5.74) is 0.330. The summed E-state index contributed by atoms with van der Waals surface area (Å²) in [6, 6.07) is 8.93. The molecular weight excluding hydrogens is 296 g/mol. The van der Waals surface area contributed by atoms with Crippen molar-refractivity contribution in [3.8, 4) is 17.4 Å². The lowest BCUT2D eigenvalue weighted by molar-refractivity contribution is -0.0529. The van der Waals surface area contributed by atoms with Crippen LogP contribution in [0.3, 0.4) is 0 Å². The molecule has 1 aromatic carbocycles. The summed E-state index contributed by atoms with van der Waals surface area (Å²) >= 11 is 0. The molecule has 2 rings (SSSR count). The third-order valence-corrected chi connectivity index (χ3v) is 2.53. The maximum atomic E-state index is 12.0. The first kappa shape index (κ1) is 15.7. The van der Waals surface area contributed by atoms with Crippen LogP contribution >= 0.6 is 0 Å². The summed E-state index contributed by atoms with van der Waals surface area (Å²) in [5.74, 6) is -0.0713. The predicted octanol–water partition coefficient (Wildman–Crippen LogP) is 3.30. The maximum absolute atomic E-state index is 12.0. The zero-order chi connectivity index (χ0) is 15.9. The Labute approximate surface area is 125 Å². The molecule has 0 atom stereocenters. The van der Waals surface area contributed by atoms with Gasteiger partial charge in [-0.2, -0.15) is 8.78 Å². The highest BCUT2D eigenvalue weighted by Gasteiger charge is 2.10. The molecule has 0 aliphatic carbocycles. The molecule has 0 aliphatic heterocycles. The summed E-state index contributed by atoms with van der Waals surface area (Å²) in [4.78, 5) is 15.5. The highest BCUT2D eigenvalue weighted by atomic mass is 19.3. The number of carbonyl (C=O) groups excluding carboxylic acids is 1. The molecule has 22 heavy (non-hydrogen) atoms. The number of ether oxygens (including phenoxy) is 3. The number of carbonyl (C=O) groups is 1. The van der Waals surface area contributed by atoms with Crippen molar-refractivity contribution < 1.29 is 27.8 Å². The Hall–Kier alpha value is -2.70. The Bertz CT molecular complexity index is 614. The Morgan fingerprint density at radius 2 is 1.82 bits per heavy atom. The SMILES string of the molecule is CCOc1ccc(C(=O)Oc2ccc(OC(F)F)nc2)cc1. The Balaban J connectivity index is 1.99. The second kappa shape index (κ2) is 7.35. The van der Waals surface area contributed by atoms with Gasteiger partial charge in [0.2, 0.25) is 5.88 Å². The fourth-order valence-corrected chi connectivity index (χ4v) is 1.61. The molecular formula is C15H13F2NO4. The van der Waals surface area contributed by atoms with E-state index in [-0.39, 0.29) is 11.6 Å². The summed E-state index contributed by atoms with van der Waals surface area (Å²) < 4.78 is 38.4. The summed E-state index contributed by atoms with van der Waals surface area (Å²) in [7, 11) is 0. The van der Waals surface area contributed by atoms with E-state index in [1.165, 1.54) is 12.1 Å². The van der Waals surface area contributed by atoms with Gasteiger partial charge in [-0.1, -0.05) is 0 Å². The van der Waals surface area contributed by atoms with Crippen LogP contribution in [0.1, 0.15) is 17.3 Å². The normalized spacial score (nSPS) is 10.4. The first-order valence-corrected chi connectivity index (χ1v) is 6.44. The number of hydrogen-bond acceptors (Lipinski definition) is 5. The fourth-order valence-electron chi connectivity index (χ4n) is 1.61. The van der Waals surface area contributed by atoms with Crippen molar-refractivity contribution in [1.29, 1.82) is 0 Å². The molecule has 0 radical (unpaired) electrons. The molecule has 5 nitrogen and oxygen atoms in total. The van der Waals surface area contributed by atoms with E-state index >= 15 is 0 Å². The van der Waals surface area contributed by atoms with Crippen LogP contribution in [0.15, 0.2) is 42.6 Å². The average molecular weight is 309 g/mol. The Morgan fingerprint density at radius 3 is 2.36 bits per heavy atom.